The largest absolute Gasteiger partial charge is 0.305 e. The Kier molecular flexibility index (Phi) is 3.61. The summed E-state index contributed by atoms with van der Waals surface area (Å²) in [6.45, 7) is 2.58. The van der Waals surface area contributed by atoms with Crippen LogP contribution in [0.1, 0.15) is 19.4 Å². The molecule has 0 saturated carbocycles. The summed E-state index contributed by atoms with van der Waals surface area (Å²) in [7, 11) is 0. The second-order valence-electron chi connectivity index (χ2n) is 4.89. The Morgan fingerprint density at radius 2 is 1.87 bits per heavy atom. The zero-order chi connectivity index (χ0) is 16.7. The molecule has 1 N–H and O–H groups in total. The van der Waals surface area contributed by atoms with Crippen LogP contribution >= 0.6 is 11.8 Å². The summed E-state index contributed by atoms with van der Waals surface area (Å²) in [5, 5.41) is 2.55. The van der Waals surface area contributed by atoms with E-state index in [0.717, 1.165) is 16.7 Å². The maximum absolute atomic E-state index is 12.6. The lowest BCUT2D eigenvalue weighted by atomic mass is 10.1. The predicted octanol–water partition coefficient (Wildman–Crippen LogP) is 1.06. The van der Waals surface area contributed by atoms with Crippen LogP contribution in [0.5, 0.6) is 0 Å². The summed E-state index contributed by atoms with van der Waals surface area (Å²) in [5.41, 5.74) is 1.08. The smallest absolute Gasteiger partial charge is 0.287 e. The van der Waals surface area contributed by atoms with Crippen molar-refractivity contribution in [2.45, 2.75) is 13.8 Å². The van der Waals surface area contributed by atoms with Gasteiger partial charge in [-0.05, 0) is 17.8 Å². The number of anilines is 1. The van der Waals surface area contributed by atoms with E-state index in [-0.39, 0.29) is 21.6 Å². The van der Waals surface area contributed by atoms with Gasteiger partial charge in [0.1, 0.15) is 0 Å². The van der Waals surface area contributed by atoms with E-state index >= 15 is 0 Å². The van der Waals surface area contributed by atoms with E-state index in [1.54, 1.807) is 24.3 Å². The fourth-order valence-electron chi connectivity index (χ4n) is 2.42. The Labute approximate surface area is 135 Å². The SMILES string of the molecule is CC(=O)NC1=NC(=O)/C(=C2\C(=O)N(C(C)=O)c3ccccc32)S1. The Morgan fingerprint density at radius 3 is 2.52 bits per heavy atom. The van der Waals surface area contributed by atoms with Gasteiger partial charge < -0.3 is 5.32 Å². The van der Waals surface area contributed by atoms with E-state index in [2.05, 4.69) is 10.3 Å². The minimum Gasteiger partial charge on any atom is -0.305 e. The molecule has 116 valence electrons. The first-order valence-corrected chi connectivity index (χ1v) is 7.49. The van der Waals surface area contributed by atoms with Crippen LogP contribution in [0.2, 0.25) is 0 Å². The predicted molar refractivity (Wildman–Crippen MR) is 85.4 cm³/mol. The van der Waals surface area contributed by atoms with Crippen molar-refractivity contribution >= 4 is 51.8 Å². The van der Waals surface area contributed by atoms with Gasteiger partial charge >= 0.3 is 0 Å². The first-order valence-electron chi connectivity index (χ1n) is 6.67. The van der Waals surface area contributed by atoms with E-state index in [0.29, 0.717) is 11.3 Å². The second-order valence-corrected chi connectivity index (χ2v) is 5.89. The zero-order valence-corrected chi connectivity index (χ0v) is 13.1. The molecule has 0 aromatic heterocycles. The average Bonchev–Trinajstić information content (AvgIpc) is 2.94. The van der Waals surface area contributed by atoms with Gasteiger partial charge in [-0.25, -0.2) is 4.90 Å². The number of benzene rings is 1. The van der Waals surface area contributed by atoms with Gasteiger partial charge in [0, 0.05) is 19.4 Å². The van der Waals surface area contributed by atoms with Crippen LogP contribution in [0, 0.1) is 0 Å². The molecule has 0 fully saturated rings. The third kappa shape index (κ3) is 2.46. The van der Waals surface area contributed by atoms with Crippen molar-refractivity contribution in [1.82, 2.24) is 5.32 Å². The van der Waals surface area contributed by atoms with Gasteiger partial charge in [0.15, 0.2) is 5.17 Å². The van der Waals surface area contributed by atoms with Crippen LogP contribution in [0.4, 0.5) is 5.69 Å². The van der Waals surface area contributed by atoms with Gasteiger partial charge in [0.2, 0.25) is 11.8 Å². The summed E-state index contributed by atoms with van der Waals surface area (Å²) in [4.78, 5) is 52.4. The van der Waals surface area contributed by atoms with Crippen molar-refractivity contribution < 1.29 is 19.2 Å². The number of aliphatic imine (C=N–C) groups is 1. The molecule has 3 rings (SSSR count). The van der Waals surface area contributed by atoms with Crippen molar-refractivity contribution in [3.63, 3.8) is 0 Å². The zero-order valence-electron chi connectivity index (χ0n) is 12.2. The number of hydrogen-bond acceptors (Lipinski definition) is 5. The summed E-state index contributed by atoms with van der Waals surface area (Å²) >= 11 is 0.915. The van der Waals surface area contributed by atoms with Crippen LogP contribution in [0.3, 0.4) is 0 Å². The summed E-state index contributed by atoms with van der Waals surface area (Å²) in [6.07, 6.45) is 0. The number of amidine groups is 1. The lowest BCUT2D eigenvalue weighted by Gasteiger charge is -2.11. The fraction of sp³-hybridized carbons (Fsp3) is 0.133. The highest BCUT2D eigenvalue weighted by Gasteiger charge is 2.40. The van der Waals surface area contributed by atoms with Crippen LogP contribution < -0.4 is 10.2 Å². The van der Waals surface area contributed by atoms with E-state index in [4.69, 9.17) is 0 Å². The lowest BCUT2D eigenvalue weighted by Crippen LogP contribution is -2.31. The van der Waals surface area contributed by atoms with Gasteiger partial charge in [0.25, 0.3) is 11.8 Å². The quantitative estimate of drug-likeness (QED) is 0.718. The number of carbonyl (C=O) groups is 4. The van der Waals surface area contributed by atoms with Gasteiger partial charge in [-0.15, -0.1) is 0 Å². The highest BCUT2D eigenvalue weighted by molar-refractivity contribution is 8.18. The van der Waals surface area contributed by atoms with Gasteiger partial charge in [0.05, 0.1) is 16.2 Å². The molecule has 23 heavy (non-hydrogen) atoms. The summed E-state index contributed by atoms with van der Waals surface area (Å²) in [6, 6.07) is 6.74. The molecular weight excluding hydrogens is 318 g/mol. The average molecular weight is 329 g/mol. The molecule has 4 amide bonds. The Hall–Kier alpha value is -2.74. The third-order valence-corrected chi connectivity index (χ3v) is 4.22. The van der Waals surface area contributed by atoms with E-state index < -0.39 is 17.7 Å². The molecule has 1 aromatic rings. The van der Waals surface area contributed by atoms with Crippen molar-refractivity contribution in [2.75, 3.05) is 4.90 Å². The summed E-state index contributed by atoms with van der Waals surface area (Å²) in [5.74, 6) is -1.97. The molecule has 0 bridgehead atoms. The molecule has 0 radical (unpaired) electrons. The van der Waals surface area contributed by atoms with Crippen LogP contribution in [-0.2, 0) is 19.2 Å². The number of nitrogens with zero attached hydrogens (tertiary/aromatic N) is 2. The molecule has 0 saturated heterocycles. The Bertz CT molecular complexity index is 841. The van der Waals surface area contributed by atoms with Crippen molar-refractivity contribution in [3.05, 3.63) is 34.7 Å². The number of hydrogen-bond donors (Lipinski definition) is 1. The van der Waals surface area contributed by atoms with E-state index in [9.17, 15) is 19.2 Å². The molecule has 1 aromatic carbocycles. The fourth-order valence-corrected chi connectivity index (χ4v) is 3.37. The number of imide groups is 1. The van der Waals surface area contributed by atoms with Gasteiger partial charge in [-0.2, -0.15) is 4.99 Å². The number of amides is 4. The Morgan fingerprint density at radius 1 is 1.17 bits per heavy atom. The van der Waals surface area contributed by atoms with Crippen molar-refractivity contribution in [1.29, 1.82) is 0 Å². The van der Waals surface area contributed by atoms with Crippen molar-refractivity contribution in [3.8, 4) is 0 Å². The minimum atomic E-state index is -0.609. The number of carbonyl (C=O) groups excluding carboxylic acids is 4. The monoisotopic (exact) mass is 329 g/mol. The maximum atomic E-state index is 12.6. The number of nitrogens with one attached hydrogen (secondary N) is 1. The molecule has 2 aliphatic heterocycles. The highest BCUT2D eigenvalue weighted by atomic mass is 32.2. The molecule has 2 aliphatic rings. The number of fused-ring (bicyclic) bond motifs is 1. The molecule has 8 heteroatoms. The third-order valence-electron chi connectivity index (χ3n) is 3.25. The topological polar surface area (TPSA) is 95.9 Å². The van der Waals surface area contributed by atoms with E-state index in [1.807, 2.05) is 0 Å². The molecular formula is C15H11N3O4S. The first-order chi connectivity index (χ1) is 10.9. The first kappa shape index (κ1) is 15.2. The molecule has 0 spiro atoms. The lowest BCUT2D eigenvalue weighted by molar-refractivity contribution is -0.122. The van der Waals surface area contributed by atoms with Crippen LogP contribution in [0.25, 0.3) is 5.57 Å². The standard InChI is InChI=1S/C15H11N3O4S/c1-7(19)16-15-17-13(21)12(23-15)11-9-5-3-4-6-10(9)18(8(2)20)14(11)22/h3-6H,1-2H3,(H,16,17,19,21)/b12-11+. The molecule has 0 unspecified atom stereocenters. The molecule has 0 atom stereocenters. The van der Waals surface area contributed by atoms with Crippen molar-refractivity contribution in [2.24, 2.45) is 4.99 Å². The van der Waals surface area contributed by atoms with Crippen LogP contribution in [0.15, 0.2) is 34.2 Å². The normalized spacial score (nSPS) is 19.7. The second kappa shape index (κ2) is 5.47. The van der Waals surface area contributed by atoms with E-state index in [1.165, 1.54) is 13.8 Å². The van der Waals surface area contributed by atoms with Gasteiger partial charge in [-0.3, -0.25) is 19.2 Å². The summed E-state index contributed by atoms with van der Waals surface area (Å²) < 4.78 is 0. The molecule has 0 aliphatic carbocycles. The number of thioether (sulfide) groups is 1. The molecule has 2 heterocycles. The number of para-hydroxylation sites is 1. The molecule has 7 nitrogen and oxygen atoms in total. The van der Waals surface area contributed by atoms with Gasteiger partial charge in [-0.1, -0.05) is 18.2 Å². The maximum Gasteiger partial charge on any atom is 0.287 e. The Balaban J connectivity index is 2.11. The number of rotatable bonds is 0. The minimum absolute atomic E-state index is 0.106. The highest BCUT2D eigenvalue weighted by Crippen LogP contribution is 2.42. The van der Waals surface area contributed by atoms with Crippen LogP contribution in [-0.4, -0.2) is 28.8 Å².